The molecule has 2 saturated heterocycles. The minimum atomic E-state index is 0.268. The predicted octanol–water partition coefficient (Wildman–Crippen LogP) is 1.65. The summed E-state index contributed by atoms with van der Waals surface area (Å²) in [7, 11) is 2.29. The fourth-order valence-electron chi connectivity index (χ4n) is 4.00. The Morgan fingerprint density at radius 1 is 1.37 bits per heavy atom. The summed E-state index contributed by atoms with van der Waals surface area (Å²) in [5.41, 5.74) is 6.49. The van der Waals surface area contributed by atoms with E-state index in [2.05, 4.69) is 34.6 Å². The average Bonchev–Trinajstić information content (AvgIpc) is 2.90. The van der Waals surface area contributed by atoms with Crippen molar-refractivity contribution in [1.29, 1.82) is 0 Å². The molecule has 106 valence electrons. The second-order valence-electron chi connectivity index (χ2n) is 6.28. The molecular weight excluding hydrogens is 236 g/mol. The van der Waals surface area contributed by atoms with E-state index in [0.29, 0.717) is 5.92 Å². The quantitative estimate of drug-likeness (QED) is 0.897. The fourth-order valence-corrected chi connectivity index (χ4v) is 4.00. The van der Waals surface area contributed by atoms with Gasteiger partial charge in [0.1, 0.15) is 5.82 Å². The monoisotopic (exact) mass is 262 g/mol. The molecule has 1 aromatic heterocycles. The van der Waals surface area contributed by atoms with E-state index in [1.165, 1.54) is 25.7 Å². The van der Waals surface area contributed by atoms with Gasteiger partial charge in [0.25, 0.3) is 0 Å². The lowest BCUT2D eigenvalue weighted by Gasteiger charge is -2.38. The number of hydrogen-bond acceptors (Lipinski definition) is 3. The van der Waals surface area contributed by atoms with Crippen molar-refractivity contribution in [3.8, 4) is 0 Å². The molecule has 3 atom stereocenters. The molecule has 0 aliphatic carbocycles. The van der Waals surface area contributed by atoms with Crippen LogP contribution in [0.25, 0.3) is 0 Å². The van der Waals surface area contributed by atoms with Crippen LogP contribution in [0.4, 0.5) is 0 Å². The molecule has 0 saturated carbocycles. The van der Waals surface area contributed by atoms with Gasteiger partial charge in [-0.15, -0.1) is 0 Å². The smallest absolute Gasteiger partial charge is 0.110 e. The number of rotatable bonds is 4. The van der Waals surface area contributed by atoms with Crippen molar-refractivity contribution in [2.45, 2.75) is 63.7 Å². The van der Waals surface area contributed by atoms with Gasteiger partial charge in [-0.25, -0.2) is 4.98 Å². The molecule has 4 nitrogen and oxygen atoms in total. The molecule has 3 unspecified atom stereocenters. The van der Waals surface area contributed by atoms with Crippen LogP contribution in [-0.2, 0) is 13.0 Å². The summed E-state index contributed by atoms with van der Waals surface area (Å²) >= 11 is 0. The van der Waals surface area contributed by atoms with E-state index in [4.69, 9.17) is 5.73 Å². The first-order valence-corrected chi connectivity index (χ1v) is 7.66. The van der Waals surface area contributed by atoms with Gasteiger partial charge in [-0.1, -0.05) is 0 Å². The highest BCUT2D eigenvalue weighted by molar-refractivity contribution is 5.00. The van der Waals surface area contributed by atoms with Crippen molar-refractivity contribution in [2.24, 2.45) is 11.7 Å². The van der Waals surface area contributed by atoms with E-state index >= 15 is 0 Å². The minimum Gasteiger partial charge on any atom is -0.335 e. The van der Waals surface area contributed by atoms with Gasteiger partial charge in [0.05, 0.1) is 0 Å². The topological polar surface area (TPSA) is 47.1 Å². The molecule has 0 radical (unpaired) electrons. The number of hydrogen-bond donors (Lipinski definition) is 1. The molecule has 1 aromatic rings. The Kier molecular flexibility index (Phi) is 3.63. The molecule has 3 heterocycles. The number of aromatic nitrogens is 2. The number of fused-ring (bicyclic) bond motifs is 2. The molecule has 2 aliphatic heterocycles. The van der Waals surface area contributed by atoms with Gasteiger partial charge in [-0.2, -0.15) is 0 Å². The number of imidazole rings is 1. The Morgan fingerprint density at radius 2 is 2.05 bits per heavy atom. The molecule has 2 aliphatic rings. The molecule has 2 N–H and O–H groups in total. The molecule has 2 bridgehead atoms. The summed E-state index contributed by atoms with van der Waals surface area (Å²) in [6, 6.07) is 1.82. The summed E-state index contributed by atoms with van der Waals surface area (Å²) in [5.74, 6) is 1.83. The Balaban J connectivity index is 1.64. The van der Waals surface area contributed by atoms with Gasteiger partial charge in [0, 0.05) is 43.5 Å². The highest BCUT2D eigenvalue weighted by Gasteiger charge is 2.40. The standard InChI is InChI=1S/C15H26N4/c1-3-19-7-6-17-15(19)10-14(16)11-8-12-4-5-13(9-11)18(12)2/h6-7,11-14H,3-5,8-10,16H2,1-2H3. The van der Waals surface area contributed by atoms with Crippen molar-refractivity contribution >= 4 is 0 Å². The van der Waals surface area contributed by atoms with Gasteiger partial charge >= 0.3 is 0 Å². The summed E-state index contributed by atoms with van der Waals surface area (Å²) < 4.78 is 2.21. The molecule has 0 amide bonds. The largest absolute Gasteiger partial charge is 0.335 e. The van der Waals surface area contributed by atoms with E-state index in [1.807, 2.05) is 6.20 Å². The lowest BCUT2D eigenvalue weighted by molar-refractivity contribution is 0.120. The van der Waals surface area contributed by atoms with E-state index < -0.39 is 0 Å². The van der Waals surface area contributed by atoms with Crippen LogP contribution in [0.1, 0.15) is 38.4 Å². The Hall–Kier alpha value is -0.870. The number of piperidine rings is 1. The Bertz CT molecular complexity index is 414. The van der Waals surface area contributed by atoms with Gasteiger partial charge in [0.15, 0.2) is 0 Å². The summed E-state index contributed by atoms with van der Waals surface area (Å²) in [6.45, 7) is 3.15. The van der Waals surface area contributed by atoms with Crippen molar-refractivity contribution in [3.05, 3.63) is 18.2 Å². The van der Waals surface area contributed by atoms with Crippen LogP contribution in [0, 0.1) is 5.92 Å². The Morgan fingerprint density at radius 3 is 2.68 bits per heavy atom. The van der Waals surface area contributed by atoms with Crippen LogP contribution in [-0.4, -0.2) is 39.6 Å². The number of nitrogens with two attached hydrogens (primary N) is 1. The molecular formula is C15H26N4. The maximum Gasteiger partial charge on any atom is 0.110 e. The van der Waals surface area contributed by atoms with Gasteiger partial charge in [-0.05, 0) is 45.6 Å². The highest BCUT2D eigenvalue weighted by Crippen LogP contribution is 2.38. The zero-order valence-corrected chi connectivity index (χ0v) is 12.1. The molecule has 0 spiro atoms. The number of aryl methyl sites for hydroxylation is 1. The molecule has 0 aromatic carbocycles. The third kappa shape index (κ3) is 2.43. The van der Waals surface area contributed by atoms with Crippen LogP contribution < -0.4 is 5.73 Å². The van der Waals surface area contributed by atoms with E-state index in [-0.39, 0.29) is 6.04 Å². The lowest BCUT2D eigenvalue weighted by atomic mass is 9.84. The van der Waals surface area contributed by atoms with Crippen molar-refractivity contribution < 1.29 is 0 Å². The van der Waals surface area contributed by atoms with Crippen molar-refractivity contribution in [3.63, 3.8) is 0 Å². The SMILES string of the molecule is CCn1ccnc1CC(N)C1CC2CCC(C1)N2C. The maximum atomic E-state index is 6.49. The highest BCUT2D eigenvalue weighted by atomic mass is 15.2. The van der Waals surface area contributed by atoms with Gasteiger partial charge in [0.2, 0.25) is 0 Å². The molecule has 19 heavy (non-hydrogen) atoms. The third-order valence-corrected chi connectivity index (χ3v) is 5.30. The first kappa shape index (κ1) is 13.1. The van der Waals surface area contributed by atoms with Crippen LogP contribution in [0.2, 0.25) is 0 Å². The van der Waals surface area contributed by atoms with E-state index in [9.17, 15) is 0 Å². The van der Waals surface area contributed by atoms with E-state index in [1.54, 1.807) is 0 Å². The first-order valence-electron chi connectivity index (χ1n) is 7.66. The number of nitrogens with zero attached hydrogens (tertiary/aromatic N) is 3. The maximum absolute atomic E-state index is 6.49. The summed E-state index contributed by atoms with van der Waals surface area (Å²) in [4.78, 5) is 7.04. The fraction of sp³-hybridized carbons (Fsp3) is 0.800. The third-order valence-electron chi connectivity index (χ3n) is 5.30. The second-order valence-corrected chi connectivity index (χ2v) is 6.28. The van der Waals surface area contributed by atoms with Crippen molar-refractivity contribution in [1.82, 2.24) is 14.5 Å². The molecule has 2 fully saturated rings. The minimum absolute atomic E-state index is 0.268. The van der Waals surface area contributed by atoms with Crippen LogP contribution >= 0.6 is 0 Å². The zero-order valence-electron chi connectivity index (χ0n) is 12.1. The van der Waals surface area contributed by atoms with Crippen LogP contribution in [0.15, 0.2) is 12.4 Å². The summed E-state index contributed by atoms with van der Waals surface area (Å²) in [6.07, 6.45) is 10.2. The summed E-state index contributed by atoms with van der Waals surface area (Å²) in [5, 5.41) is 0. The first-order chi connectivity index (χ1) is 9.19. The van der Waals surface area contributed by atoms with Crippen LogP contribution in [0.5, 0.6) is 0 Å². The Labute approximate surface area is 116 Å². The lowest BCUT2D eigenvalue weighted by Crippen LogP contribution is -2.46. The molecule has 4 heteroatoms. The second kappa shape index (κ2) is 5.25. The average molecular weight is 262 g/mol. The van der Waals surface area contributed by atoms with Crippen molar-refractivity contribution in [2.75, 3.05) is 7.05 Å². The van der Waals surface area contributed by atoms with E-state index in [0.717, 1.165) is 30.9 Å². The normalized spacial score (nSPS) is 32.7. The van der Waals surface area contributed by atoms with Gasteiger partial charge < -0.3 is 15.2 Å². The molecule has 3 rings (SSSR count). The zero-order chi connectivity index (χ0) is 13.4. The predicted molar refractivity (Wildman–Crippen MR) is 76.9 cm³/mol. The van der Waals surface area contributed by atoms with Crippen LogP contribution in [0.3, 0.4) is 0 Å². The van der Waals surface area contributed by atoms with Gasteiger partial charge in [-0.3, -0.25) is 0 Å².